The first-order valence-electron chi connectivity index (χ1n) is 13.7. The summed E-state index contributed by atoms with van der Waals surface area (Å²) in [5.41, 5.74) is -1.19. The number of amides is 3. The van der Waals surface area contributed by atoms with Crippen molar-refractivity contribution in [2.75, 3.05) is 16.1 Å². The summed E-state index contributed by atoms with van der Waals surface area (Å²) in [6.45, 7) is 1.43. The lowest BCUT2D eigenvalue weighted by atomic mass is 9.78. The standard InChI is InChI=1S/C30H28ClFN6O5S/c1-30(32)15-19(16-30)35-27(40)26(22-8-3-4-9-23(22)31)37(20-6-5-7-21(14-20)44(2,42)43)28(41)24-10-11-25(39)38(24)29-34-13-12-18(17-33)36-29/h3-9,12-14,19,24,26H,10-11,15-16H2,1-2H3,(H,35,40)/t19?,24-,26?,30?/m0/s1. The van der Waals surface area contributed by atoms with Gasteiger partial charge < -0.3 is 5.32 Å². The number of aromatic nitrogens is 2. The van der Waals surface area contributed by atoms with Crippen molar-refractivity contribution in [1.82, 2.24) is 15.3 Å². The highest BCUT2D eigenvalue weighted by Gasteiger charge is 2.47. The highest BCUT2D eigenvalue weighted by molar-refractivity contribution is 7.90. The quantitative estimate of drug-likeness (QED) is 0.392. The Morgan fingerprint density at radius 1 is 1.20 bits per heavy atom. The minimum Gasteiger partial charge on any atom is -0.351 e. The topological polar surface area (TPSA) is 153 Å². The van der Waals surface area contributed by atoms with Crippen LogP contribution in [0.3, 0.4) is 0 Å². The second-order valence-corrected chi connectivity index (χ2v) is 13.5. The van der Waals surface area contributed by atoms with Gasteiger partial charge in [0.2, 0.25) is 17.8 Å². The van der Waals surface area contributed by atoms with Crippen LogP contribution in [0.5, 0.6) is 0 Å². The molecule has 0 radical (unpaired) electrons. The molecule has 3 aromatic rings. The molecule has 2 aromatic carbocycles. The van der Waals surface area contributed by atoms with Crippen LogP contribution < -0.4 is 15.1 Å². The van der Waals surface area contributed by atoms with Gasteiger partial charge in [-0.25, -0.2) is 22.8 Å². The summed E-state index contributed by atoms with van der Waals surface area (Å²) in [7, 11) is -3.74. The fraction of sp³-hybridized carbons (Fsp3) is 0.333. The number of anilines is 2. The second kappa shape index (κ2) is 11.9. The Morgan fingerprint density at radius 2 is 1.93 bits per heavy atom. The van der Waals surface area contributed by atoms with E-state index >= 15 is 0 Å². The van der Waals surface area contributed by atoms with Crippen molar-refractivity contribution in [2.45, 2.75) is 61.3 Å². The molecule has 2 aliphatic rings. The van der Waals surface area contributed by atoms with Crippen molar-refractivity contribution < 1.29 is 27.2 Å². The molecule has 1 aromatic heterocycles. The first kappa shape index (κ1) is 31.0. The van der Waals surface area contributed by atoms with Crippen LogP contribution in [-0.4, -0.2) is 60.1 Å². The van der Waals surface area contributed by atoms with Gasteiger partial charge in [-0.15, -0.1) is 0 Å². The lowest BCUT2D eigenvalue weighted by Gasteiger charge is -2.41. The molecule has 44 heavy (non-hydrogen) atoms. The number of benzene rings is 2. The smallest absolute Gasteiger partial charge is 0.251 e. The Morgan fingerprint density at radius 3 is 2.59 bits per heavy atom. The predicted molar refractivity (Wildman–Crippen MR) is 159 cm³/mol. The zero-order valence-corrected chi connectivity index (χ0v) is 25.3. The van der Waals surface area contributed by atoms with Crippen LogP contribution in [0.1, 0.15) is 49.9 Å². The molecule has 1 saturated carbocycles. The molecule has 1 aliphatic heterocycles. The summed E-state index contributed by atoms with van der Waals surface area (Å²) in [5, 5.41) is 12.3. The number of nitrogens with one attached hydrogen (secondary N) is 1. The molecular formula is C30H28ClFN6O5S. The van der Waals surface area contributed by atoms with Gasteiger partial charge in [0.1, 0.15) is 29.5 Å². The maximum absolute atomic E-state index is 14.7. The zero-order valence-electron chi connectivity index (χ0n) is 23.8. The van der Waals surface area contributed by atoms with Crippen LogP contribution in [-0.2, 0) is 24.2 Å². The number of nitrogens with zero attached hydrogens (tertiary/aromatic N) is 5. The van der Waals surface area contributed by atoms with Gasteiger partial charge in [0.15, 0.2) is 9.84 Å². The van der Waals surface area contributed by atoms with Crippen LogP contribution in [0.2, 0.25) is 5.02 Å². The van der Waals surface area contributed by atoms with Crippen molar-refractivity contribution in [3.05, 3.63) is 77.1 Å². The number of nitriles is 1. The average Bonchev–Trinajstić information content (AvgIpc) is 3.36. The summed E-state index contributed by atoms with van der Waals surface area (Å²) in [6.07, 6.45) is 2.43. The van der Waals surface area contributed by atoms with Gasteiger partial charge in [-0.2, -0.15) is 5.26 Å². The van der Waals surface area contributed by atoms with Crippen molar-refractivity contribution in [2.24, 2.45) is 0 Å². The van der Waals surface area contributed by atoms with Gasteiger partial charge in [-0.3, -0.25) is 24.2 Å². The van der Waals surface area contributed by atoms with Gasteiger partial charge in [-0.05, 0) is 43.7 Å². The highest BCUT2D eigenvalue weighted by atomic mass is 35.5. The Labute approximate surface area is 258 Å². The van der Waals surface area contributed by atoms with E-state index in [-0.39, 0.29) is 58.5 Å². The van der Waals surface area contributed by atoms with Crippen molar-refractivity contribution in [1.29, 1.82) is 5.26 Å². The van der Waals surface area contributed by atoms with Gasteiger partial charge in [0.05, 0.1) is 4.90 Å². The lowest BCUT2D eigenvalue weighted by molar-refractivity contribution is -0.128. The molecule has 2 heterocycles. The van der Waals surface area contributed by atoms with Gasteiger partial charge in [0.25, 0.3) is 5.91 Å². The molecule has 0 bridgehead atoms. The number of hydrogen-bond acceptors (Lipinski definition) is 8. The maximum Gasteiger partial charge on any atom is 0.251 e. The van der Waals surface area contributed by atoms with Crippen LogP contribution >= 0.6 is 11.6 Å². The van der Waals surface area contributed by atoms with E-state index in [1.807, 2.05) is 6.07 Å². The Hall–Kier alpha value is -4.41. The number of carbonyl (C=O) groups is 3. The molecular weight excluding hydrogens is 611 g/mol. The number of sulfone groups is 1. The third-order valence-electron chi connectivity index (χ3n) is 7.63. The fourth-order valence-corrected chi connectivity index (χ4v) is 6.47. The number of hydrogen-bond donors (Lipinski definition) is 1. The summed E-state index contributed by atoms with van der Waals surface area (Å²) >= 11 is 6.58. The monoisotopic (exact) mass is 638 g/mol. The van der Waals surface area contributed by atoms with E-state index in [2.05, 4.69) is 15.3 Å². The molecule has 1 saturated heterocycles. The Kier molecular flexibility index (Phi) is 8.42. The number of halogens is 2. The van der Waals surface area contributed by atoms with E-state index in [0.29, 0.717) is 0 Å². The van der Waals surface area contributed by atoms with Crippen molar-refractivity contribution >= 4 is 50.8 Å². The molecule has 2 atom stereocenters. The van der Waals surface area contributed by atoms with E-state index in [4.69, 9.17) is 11.6 Å². The summed E-state index contributed by atoms with van der Waals surface area (Å²) in [4.78, 5) is 52.1. The Bertz CT molecular complexity index is 1790. The molecule has 0 spiro atoms. The molecule has 14 heteroatoms. The van der Waals surface area contributed by atoms with E-state index in [1.54, 1.807) is 24.3 Å². The summed E-state index contributed by atoms with van der Waals surface area (Å²) in [5.74, 6) is -2.05. The molecule has 1 N–H and O–H groups in total. The number of rotatable bonds is 8. The third-order valence-corrected chi connectivity index (χ3v) is 9.08. The molecule has 3 amide bonds. The summed E-state index contributed by atoms with van der Waals surface area (Å²) in [6, 6.07) is 12.0. The van der Waals surface area contributed by atoms with E-state index in [0.717, 1.165) is 16.1 Å². The number of alkyl halides is 1. The Balaban J connectivity index is 1.66. The van der Waals surface area contributed by atoms with E-state index < -0.39 is 51.4 Å². The first-order valence-corrected chi connectivity index (χ1v) is 16.0. The second-order valence-electron chi connectivity index (χ2n) is 11.1. The SMILES string of the molecule is CC1(F)CC(NC(=O)C(c2ccccc2Cl)N(C(=O)[C@@H]2CCC(=O)N2c2nccc(C#N)n2)c2cccc(S(C)(=O)=O)c2)C1. The molecule has 1 aliphatic carbocycles. The predicted octanol–water partition coefficient (Wildman–Crippen LogP) is 3.68. The summed E-state index contributed by atoms with van der Waals surface area (Å²) < 4.78 is 39.4. The first-order chi connectivity index (χ1) is 20.8. The molecule has 5 rings (SSSR count). The van der Waals surface area contributed by atoms with Crippen LogP contribution in [0, 0.1) is 11.3 Å². The minimum absolute atomic E-state index is 0.0210. The minimum atomic E-state index is -3.74. The number of carbonyl (C=O) groups excluding carboxylic acids is 3. The highest BCUT2D eigenvalue weighted by Crippen LogP contribution is 2.39. The fourth-order valence-electron chi connectivity index (χ4n) is 5.57. The van der Waals surface area contributed by atoms with Crippen LogP contribution in [0.15, 0.2) is 65.7 Å². The average molecular weight is 639 g/mol. The van der Waals surface area contributed by atoms with E-state index in [1.165, 1.54) is 43.5 Å². The van der Waals surface area contributed by atoms with Gasteiger partial charge >= 0.3 is 0 Å². The largest absolute Gasteiger partial charge is 0.351 e. The molecule has 11 nitrogen and oxygen atoms in total. The third kappa shape index (κ3) is 6.27. The van der Waals surface area contributed by atoms with Gasteiger partial charge in [-0.1, -0.05) is 35.9 Å². The van der Waals surface area contributed by atoms with E-state index in [9.17, 15) is 32.5 Å². The molecule has 228 valence electrons. The lowest BCUT2D eigenvalue weighted by Crippen LogP contribution is -2.56. The van der Waals surface area contributed by atoms with Gasteiger partial charge in [0, 0.05) is 54.0 Å². The normalized spacial score (nSPS) is 22.1. The van der Waals surface area contributed by atoms with Crippen LogP contribution in [0.25, 0.3) is 0 Å². The van der Waals surface area contributed by atoms with Crippen molar-refractivity contribution in [3.8, 4) is 6.07 Å². The van der Waals surface area contributed by atoms with Crippen LogP contribution in [0.4, 0.5) is 16.0 Å². The zero-order chi connectivity index (χ0) is 31.8. The maximum atomic E-state index is 14.7. The van der Waals surface area contributed by atoms with Crippen molar-refractivity contribution in [3.63, 3.8) is 0 Å². The molecule has 2 fully saturated rings. The molecule has 1 unspecified atom stereocenters.